The van der Waals surface area contributed by atoms with E-state index in [9.17, 15) is 17.6 Å². The van der Waals surface area contributed by atoms with Gasteiger partial charge in [-0.05, 0) is 6.92 Å². The molecule has 0 fully saturated rings. The molecule has 56 valence electrons. The van der Waals surface area contributed by atoms with E-state index in [2.05, 4.69) is 0 Å². The molecule has 0 amide bonds. The molecule has 0 radical (unpaired) electrons. The molecule has 1 atom stereocenters. The van der Waals surface area contributed by atoms with E-state index in [1.54, 1.807) is 0 Å². The van der Waals surface area contributed by atoms with Gasteiger partial charge in [0.25, 0.3) is 0 Å². The number of hydrogen-bond donors (Lipinski definition) is 0. The zero-order valence-electron chi connectivity index (χ0n) is 4.60. The van der Waals surface area contributed by atoms with Crippen molar-refractivity contribution >= 4 is 22.6 Å². The molecule has 0 rings (SSSR count). The molecule has 0 aromatic heterocycles. The van der Waals surface area contributed by atoms with Crippen LogP contribution in [0.15, 0.2) is 0 Å². The van der Waals surface area contributed by atoms with Gasteiger partial charge in [-0.15, -0.1) is 0 Å². The summed E-state index contributed by atoms with van der Waals surface area (Å²) in [6, 6.07) is 0. The largest absolute Gasteiger partial charge is 0.422 e. The van der Waals surface area contributed by atoms with Crippen molar-refractivity contribution in [1.82, 2.24) is 0 Å². The van der Waals surface area contributed by atoms with Gasteiger partial charge in [0.2, 0.25) is 5.67 Å². The zero-order chi connectivity index (χ0) is 7.71. The van der Waals surface area contributed by atoms with Gasteiger partial charge in [-0.3, -0.25) is 0 Å². The minimum atomic E-state index is -4.73. The molecule has 0 N–H and O–H groups in total. The van der Waals surface area contributed by atoms with Crippen LogP contribution in [0.4, 0.5) is 17.6 Å². The first kappa shape index (κ1) is 9.45. The zero-order valence-corrected chi connectivity index (χ0v) is 6.75. The van der Waals surface area contributed by atoms with Crippen molar-refractivity contribution in [3.8, 4) is 0 Å². The van der Waals surface area contributed by atoms with Crippen molar-refractivity contribution < 1.29 is 17.6 Å². The second-order valence-electron chi connectivity index (χ2n) is 1.83. The molecule has 0 aliphatic heterocycles. The summed E-state index contributed by atoms with van der Waals surface area (Å²) in [6.07, 6.45) is -4.73. The molecule has 0 aromatic carbocycles. The average molecular weight is 256 g/mol. The van der Waals surface area contributed by atoms with Gasteiger partial charge in [0.05, 0.1) is 0 Å². The van der Waals surface area contributed by atoms with Crippen LogP contribution < -0.4 is 0 Å². The fourth-order valence-electron chi connectivity index (χ4n) is 0.0758. The summed E-state index contributed by atoms with van der Waals surface area (Å²) < 4.78 is 46.0. The van der Waals surface area contributed by atoms with Gasteiger partial charge in [-0.2, -0.15) is 13.2 Å². The summed E-state index contributed by atoms with van der Waals surface area (Å²) in [5, 5.41) is 0. The first-order valence-electron chi connectivity index (χ1n) is 2.13. The Bertz CT molecular complexity index is 95.2. The Morgan fingerprint density at radius 1 is 1.22 bits per heavy atom. The maximum Gasteiger partial charge on any atom is 0.422 e. The van der Waals surface area contributed by atoms with Crippen molar-refractivity contribution in [2.45, 2.75) is 18.8 Å². The number of alkyl halides is 5. The molecule has 0 bridgehead atoms. The van der Waals surface area contributed by atoms with E-state index in [1.165, 1.54) is 22.6 Å². The van der Waals surface area contributed by atoms with Crippen LogP contribution in [0.3, 0.4) is 0 Å². The molecule has 0 heterocycles. The third kappa shape index (κ3) is 2.27. The highest BCUT2D eigenvalue weighted by Crippen LogP contribution is 2.34. The summed E-state index contributed by atoms with van der Waals surface area (Å²) in [5.74, 6) is 0. The molecule has 0 spiro atoms. The quantitative estimate of drug-likeness (QED) is 0.384. The van der Waals surface area contributed by atoms with Crippen LogP contribution in [0.1, 0.15) is 6.92 Å². The van der Waals surface area contributed by atoms with Crippen LogP contribution in [0.5, 0.6) is 0 Å². The van der Waals surface area contributed by atoms with Gasteiger partial charge in [-0.1, -0.05) is 22.6 Å². The van der Waals surface area contributed by atoms with E-state index < -0.39 is 16.3 Å². The highest BCUT2D eigenvalue weighted by molar-refractivity contribution is 14.1. The van der Waals surface area contributed by atoms with Gasteiger partial charge in [0, 0.05) is 4.43 Å². The number of halogens is 5. The lowest BCUT2D eigenvalue weighted by Gasteiger charge is -2.20. The highest BCUT2D eigenvalue weighted by atomic mass is 127. The molecule has 0 aromatic rings. The Hall–Kier alpha value is 0.450. The van der Waals surface area contributed by atoms with Gasteiger partial charge in [0.15, 0.2) is 0 Å². The third-order valence-corrected chi connectivity index (χ3v) is 2.27. The van der Waals surface area contributed by atoms with E-state index >= 15 is 0 Å². The van der Waals surface area contributed by atoms with Gasteiger partial charge >= 0.3 is 6.18 Å². The maximum atomic E-state index is 12.2. The Balaban J connectivity index is 4.14. The Labute approximate surface area is 63.8 Å². The molecule has 0 nitrogen and oxygen atoms in total. The first-order chi connectivity index (χ1) is 3.81. The normalized spacial score (nSPS) is 19.3. The predicted molar refractivity (Wildman–Crippen MR) is 34.5 cm³/mol. The monoisotopic (exact) mass is 256 g/mol. The fraction of sp³-hybridized carbons (Fsp3) is 1.00. The van der Waals surface area contributed by atoms with Crippen molar-refractivity contribution in [2.24, 2.45) is 0 Å². The maximum absolute atomic E-state index is 12.2. The summed E-state index contributed by atoms with van der Waals surface area (Å²) in [4.78, 5) is 0. The third-order valence-electron chi connectivity index (χ3n) is 0.842. The number of hydrogen-bond acceptors (Lipinski definition) is 0. The lowest BCUT2D eigenvalue weighted by Crippen LogP contribution is -2.39. The van der Waals surface area contributed by atoms with Crippen LogP contribution in [0, 0.1) is 0 Å². The van der Waals surface area contributed by atoms with Crippen molar-refractivity contribution in [3.63, 3.8) is 0 Å². The van der Waals surface area contributed by atoms with E-state index in [1.807, 2.05) is 0 Å². The second kappa shape index (κ2) is 2.59. The van der Waals surface area contributed by atoms with E-state index in [-0.39, 0.29) is 0 Å². The molecule has 5 heteroatoms. The molecule has 0 saturated heterocycles. The van der Waals surface area contributed by atoms with Gasteiger partial charge < -0.3 is 0 Å². The second-order valence-corrected chi connectivity index (χ2v) is 2.59. The molecule has 0 saturated carbocycles. The minimum absolute atomic E-state index is 0.527. The molecular weight excluding hydrogens is 251 g/mol. The van der Waals surface area contributed by atoms with Crippen LogP contribution in [0.25, 0.3) is 0 Å². The summed E-state index contributed by atoms with van der Waals surface area (Å²) in [6.45, 7) is 0.527. The van der Waals surface area contributed by atoms with Crippen LogP contribution >= 0.6 is 22.6 Å². The summed E-state index contributed by atoms with van der Waals surface area (Å²) >= 11 is 1.36. The smallest absolute Gasteiger partial charge is 0.233 e. The van der Waals surface area contributed by atoms with E-state index in [0.717, 1.165) is 0 Å². The molecule has 0 aliphatic carbocycles. The van der Waals surface area contributed by atoms with E-state index in [4.69, 9.17) is 0 Å². The predicted octanol–water partition coefficient (Wildman–Crippen LogP) is 2.71. The fourth-order valence-corrected chi connectivity index (χ4v) is 0.508. The van der Waals surface area contributed by atoms with Crippen LogP contribution in [-0.4, -0.2) is 16.3 Å². The Morgan fingerprint density at radius 2 is 1.56 bits per heavy atom. The Kier molecular flexibility index (Phi) is 2.72. The first-order valence-corrected chi connectivity index (χ1v) is 3.65. The summed E-state index contributed by atoms with van der Waals surface area (Å²) in [7, 11) is 0. The average Bonchev–Trinajstić information content (AvgIpc) is 1.64. The standard InChI is InChI=1S/C4H5F4I/c1-3(5,2-9)4(6,7)8/h2H2,1H3. The highest BCUT2D eigenvalue weighted by Gasteiger charge is 2.51. The van der Waals surface area contributed by atoms with Gasteiger partial charge in [0.1, 0.15) is 0 Å². The lowest BCUT2D eigenvalue weighted by molar-refractivity contribution is -0.213. The topological polar surface area (TPSA) is 0 Å². The van der Waals surface area contributed by atoms with Gasteiger partial charge in [-0.25, -0.2) is 4.39 Å². The molecule has 0 aliphatic rings. The number of rotatable bonds is 1. The molecular formula is C4H5F4I. The lowest BCUT2D eigenvalue weighted by atomic mass is 10.2. The van der Waals surface area contributed by atoms with Crippen molar-refractivity contribution in [2.75, 3.05) is 4.43 Å². The summed E-state index contributed by atoms with van der Waals surface area (Å²) in [5.41, 5.74) is -3.03. The minimum Gasteiger partial charge on any atom is -0.233 e. The van der Waals surface area contributed by atoms with Crippen molar-refractivity contribution in [1.29, 1.82) is 0 Å². The molecule has 1 unspecified atom stereocenters. The van der Waals surface area contributed by atoms with Crippen LogP contribution in [-0.2, 0) is 0 Å². The molecule has 9 heavy (non-hydrogen) atoms. The van der Waals surface area contributed by atoms with Crippen LogP contribution in [0.2, 0.25) is 0 Å². The Morgan fingerprint density at radius 3 is 1.56 bits per heavy atom. The SMILES string of the molecule is CC(F)(CI)C(F)(F)F. The van der Waals surface area contributed by atoms with E-state index in [0.29, 0.717) is 6.92 Å². The van der Waals surface area contributed by atoms with Crippen molar-refractivity contribution in [3.05, 3.63) is 0 Å².